The molecule has 2 rings (SSSR count). The molecule has 1 N–H and O–H groups in total. The maximum atomic E-state index is 12.9. The maximum absolute atomic E-state index is 12.9. The molecular formula is C13H15F2NO2. The normalized spacial score (nSPS) is 18.9. The lowest BCUT2D eigenvalue weighted by atomic mass is 10.1. The monoisotopic (exact) mass is 255 g/mol. The van der Waals surface area contributed by atoms with Crippen LogP contribution >= 0.6 is 0 Å². The largest absolute Gasteiger partial charge is 0.378 e. The predicted molar refractivity (Wildman–Crippen MR) is 62.3 cm³/mol. The molecule has 0 radical (unpaired) electrons. The predicted octanol–water partition coefficient (Wildman–Crippen LogP) is 2.26. The minimum atomic E-state index is -1.01. The van der Waals surface area contributed by atoms with E-state index in [-0.39, 0.29) is 11.7 Å². The average Bonchev–Trinajstić information content (AvgIpc) is 2.85. The molecule has 1 aliphatic rings. The van der Waals surface area contributed by atoms with Gasteiger partial charge in [-0.2, -0.15) is 0 Å². The summed E-state index contributed by atoms with van der Waals surface area (Å²) in [6, 6.07) is 3.11. The zero-order chi connectivity index (χ0) is 13.0. The molecule has 1 aromatic carbocycles. The number of carbonyl (C=O) groups excluding carboxylic acids is 1. The molecule has 0 aromatic heterocycles. The quantitative estimate of drug-likeness (QED) is 0.896. The lowest BCUT2D eigenvalue weighted by Crippen LogP contribution is -2.27. The first kappa shape index (κ1) is 13.0. The molecule has 98 valence electrons. The van der Waals surface area contributed by atoms with Gasteiger partial charge in [-0.15, -0.1) is 0 Å². The van der Waals surface area contributed by atoms with E-state index in [1.54, 1.807) is 0 Å². The maximum Gasteiger partial charge on any atom is 0.251 e. The number of halogens is 2. The minimum Gasteiger partial charge on any atom is -0.378 e. The number of carbonyl (C=O) groups is 1. The third kappa shape index (κ3) is 3.26. The summed E-state index contributed by atoms with van der Waals surface area (Å²) in [6.07, 6.45) is 3.02. The summed E-state index contributed by atoms with van der Waals surface area (Å²) in [5, 5.41) is 2.66. The summed E-state index contributed by atoms with van der Waals surface area (Å²) in [6.45, 7) is 1.25. The molecule has 1 aromatic rings. The van der Waals surface area contributed by atoms with Gasteiger partial charge in [0.15, 0.2) is 11.6 Å². The second kappa shape index (κ2) is 5.91. The molecule has 1 fully saturated rings. The fourth-order valence-corrected chi connectivity index (χ4v) is 1.96. The van der Waals surface area contributed by atoms with Crippen LogP contribution in [0.1, 0.15) is 29.6 Å². The topological polar surface area (TPSA) is 38.3 Å². The van der Waals surface area contributed by atoms with Crippen LogP contribution in [0, 0.1) is 11.6 Å². The fraction of sp³-hybridized carbons (Fsp3) is 0.462. The summed E-state index contributed by atoms with van der Waals surface area (Å²) in [4.78, 5) is 11.6. The summed E-state index contributed by atoms with van der Waals surface area (Å²) in [7, 11) is 0. The molecular weight excluding hydrogens is 240 g/mol. The zero-order valence-corrected chi connectivity index (χ0v) is 9.92. The molecule has 1 atom stereocenters. The van der Waals surface area contributed by atoms with E-state index in [1.807, 2.05) is 0 Å². The van der Waals surface area contributed by atoms with E-state index in [0.29, 0.717) is 6.54 Å². The summed E-state index contributed by atoms with van der Waals surface area (Å²) in [5.74, 6) is -2.36. The summed E-state index contributed by atoms with van der Waals surface area (Å²) >= 11 is 0. The number of benzene rings is 1. The molecule has 1 unspecified atom stereocenters. The highest BCUT2D eigenvalue weighted by atomic mass is 19.2. The van der Waals surface area contributed by atoms with E-state index in [4.69, 9.17) is 4.74 Å². The zero-order valence-electron chi connectivity index (χ0n) is 9.92. The average molecular weight is 255 g/mol. The fourth-order valence-electron chi connectivity index (χ4n) is 1.96. The van der Waals surface area contributed by atoms with Crippen molar-refractivity contribution in [2.45, 2.75) is 25.4 Å². The molecule has 1 heterocycles. The van der Waals surface area contributed by atoms with Crippen molar-refractivity contribution in [3.05, 3.63) is 35.4 Å². The van der Waals surface area contributed by atoms with Crippen LogP contribution in [0.2, 0.25) is 0 Å². The van der Waals surface area contributed by atoms with Crippen LogP contribution in [-0.2, 0) is 4.74 Å². The Bertz CT molecular complexity index is 431. The van der Waals surface area contributed by atoms with Gasteiger partial charge in [0.05, 0.1) is 6.10 Å². The molecule has 18 heavy (non-hydrogen) atoms. The number of ether oxygens (including phenoxy) is 1. The molecule has 3 nitrogen and oxygen atoms in total. The van der Waals surface area contributed by atoms with E-state index in [2.05, 4.69) is 5.32 Å². The van der Waals surface area contributed by atoms with Crippen molar-refractivity contribution in [2.75, 3.05) is 13.2 Å². The number of hydrogen-bond acceptors (Lipinski definition) is 2. The van der Waals surface area contributed by atoms with Gasteiger partial charge in [-0.1, -0.05) is 0 Å². The SMILES string of the molecule is O=C(NCCC1CCCO1)c1ccc(F)c(F)c1. The molecule has 0 bridgehead atoms. The van der Waals surface area contributed by atoms with Crippen LogP contribution in [0.4, 0.5) is 8.78 Å². The Kier molecular flexibility index (Phi) is 4.25. The lowest BCUT2D eigenvalue weighted by molar-refractivity contribution is 0.0906. The highest BCUT2D eigenvalue weighted by molar-refractivity contribution is 5.94. The Hall–Kier alpha value is -1.49. The summed E-state index contributed by atoms with van der Waals surface area (Å²) in [5.41, 5.74) is 0.126. The van der Waals surface area contributed by atoms with Crippen molar-refractivity contribution >= 4 is 5.91 Å². The molecule has 1 saturated heterocycles. The minimum absolute atomic E-state index is 0.126. The van der Waals surface area contributed by atoms with E-state index in [1.165, 1.54) is 6.07 Å². The first-order chi connectivity index (χ1) is 8.66. The van der Waals surface area contributed by atoms with Gasteiger partial charge in [-0.25, -0.2) is 8.78 Å². The Labute approximate surface area is 104 Å². The van der Waals surface area contributed by atoms with Gasteiger partial charge >= 0.3 is 0 Å². The van der Waals surface area contributed by atoms with Gasteiger partial charge in [0, 0.05) is 18.7 Å². The number of rotatable bonds is 4. The van der Waals surface area contributed by atoms with E-state index >= 15 is 0 Å². The van der Waals surface area contributed by atoms with Crippen LogP contribution < -0.4 is 5.32 Å². The molecule has 0 aliphatic carbocycles. The standard InChI is InChI=1S/C13H15F2NO2/c14-11-4-3-9(8-12(11)15)13(17)16-6-5-10-2-1-7-18-10/h3-4,8,10H,1-2,5-7H2,(H,16,17). The first-order valence-electron chi connectivity index (χ1n) is 6.01. The van der Waals surface area contributed by atoms with Crippen molar-refractivity contribution in [1.29, 1.82) is 0 Å². The van der Waals surface area contributed by atoms with Crippen LogP contribution in [0.25, 0.3) is 0 Å². The Morgan fingerprint density at radius 1 is 1.39 bits per heavy atom. The smallest absolute Gasteiger partial charge is 0.251 e. The third-order valence-corrected chi connectivity index (χ3v) is 2.96. The number of nitrogens with one attached hydrogen (secondary N) is 1. The lowest BCUT2D eigenvalue weighted by Gasteiger charge is -2.10. The Morgan fingerprint density at radius 3 is 2.89 bits per heavy atom. The van der Waals surface area contributed by atoms with Gasteiger partial charge in [0.25, 0.3) is 5.91 Å². The second-order valence-electron chi connectivity index (χ2n) is 4.31. The van der Waals surface area contributed by atoms with Crippen LogP contribution in [0.3, 0.4) is 0 Å². The van der Waals surface area contributed by atoms with Gasteiger partial charge in [-0.3, -0.25) is 4.79 Å². The van der Waals surface area contributed by atoms with Gasteiger partial charge < -0.3 is 10.1 Å². The number of hydrogen-bond donors (Lipinski definition) is 1. The first-order valence-corrected chi connectivity index (χ1v) is 6.01. The Balaban J connectivity index is 1.81. The molecule has 0 saturated carbocycles. The number of amides is 1. The highest BCUT2D eigenvalue weighted by Gasteiger charge is 2.15. The van der Waals surface area contributed by atoms with E-state index in [0.717, 1.165) is 38.0 Å². The van der Waals surface area contributed by atoms with Crippen molar-refractivity contribution in [3.8, 4) is 0 Å². The Morgan fingerprint density at radius 2 is 2.22 bits per heavy atom. The second-order valence-corrected chi connectivity index (χ2v) is 4.31. The van der Waals surface area contributed by atoms with Gasteiger partial charge in [-0.05, 0) is 37.5 Å². The highest BCUT2D eigenvalue weighted by Crippen LogP contribution is 2.14. The van der Waals surface area contributed by atoms with Crippen molar-refractivity contribution in [1.82, 2.24) is 5.32 Å². The van der Waals surface area contributed by atoms with Crippen LogP contribution in [0.15, 0.2) is 18.2 Å². The molecule has 0 spiro atoms. The molecule has 1 amide bonds. The molecule has 1 aliphatic heterocycles. The third-order valence-electron chi connectivity index (χ3n) is 2.96. The van der Waals surface area contributed by atoms with Crippen molar-refractivity contribution < 1.29 is 18.3 Å². The van der Waals surface area contributed by atoms with E-state index in [9.17, 15) is 13.6 Å². The van der Waals surface area contributed by atoms with Gasteiger partial charge in [0.1, 0.15) is 0 Å². The van der Waals surface area contributed by atoms with Crippen LogP contribution in [-0.4, -0.2) is 25.2 Å². The van der Waals surface area contributed by atoms with Crippen molar-refractivity contribution in [3.63, 3.8) is 0 Å². The summed E-state index contributed by atoms with van der Waals surface area (Å²) < 4.78 is 31.0. The van der Waals surface area contributed by atoms with E-state index < -0.39 is 17.5 Å². The van der Waals surface area contributed by atoms with Crippen LogP contribution in [0.5, 0.6) is 0 Å². The van der Waals surface area contributed by atoms with Gasteiger partial charge in [0.2, 0.25) is 0 Å². The molecule has 5 heteroatoms. The van der Waals surface area contributed by atoms with Crippen molar-refractivity contribution in [2.24, 2.45) is 0 Å².